The molecule has 1 aromatic carbocycles. The first kappa shape index (κ1) is 16.0. The molecule has 0 aliphatic carbocycles. The number of carbonyl (C=O) groups is 1. The molecule has 0 saturated heterocycles. The van der Waals surface area contributed by atoms with Crippen LogP contribution in [0.2, 0.25) is 0 Å². The van der Waals surface area contributed by atoms with Gasteiger partial charge in [0.15, 0.2) is 0 Å². The highest BCUT2D eigenvalue weighted by Gasteiger charge is 2.08. The normalized spacial score (nSPS) is 10.7. The number of nitrogens with one attached hydrogen (secondary N) is 1. The average molecular weight is 298 g/mol. The Balaban J connectivity index is 1.81. The van der Waals surface area contributed by atoms with Crippen molar-refractivity contribution in [2.45, 2.75) is 13.3 Å². The molecule has 116 valence electrons. The van der Waals surface area contributed by atoms with E-state index in [0.29, 0.717) is 12.2 Å². The largest absolute Gasteiger partial charge is 0.399 e. The van der Waals surface area contributed by atoms with Crippen molar-refractivity contribution in [2.24, 2.45) is 0 Å². The number of amides is 1. The maximum absolute atomic E-state index is 12.1. The van der Waals surface area contributed by atoms with Gasteiger partial charge in [-0.25, -0.2) is 0 Å². The molecule has 0 aliphatic heterocycles. The minimum absolute atomic E-state index is 0.0311. The number of anilines is 2. The predicted octanol–water partition coefficient (Wildman–Crippen LogP) is 2.09. The highest BCUT2D eigenvalue weighted by Crippen LogP contribution is 2.17. The Hall–Kier alpha value is -2.40. The zero-order chi connectivity index (χ0) is 15.9. The number of aromatic nitrogens is 1. The maximum atomic E-state index is 12.1. The summed E-state index contributed by atoms with van der Waals surface area (Å²) in [6, 6.07) is 11.3. The number of nitrogen functional groups attached to an aromatic ring is 1. The van der Waals surface area contributed by atoms with Crippen molar-refractivity contribution in [1.29, 1.82) is 0 Å². The van der Waals surface area contributed by atoms with Gasteiger partial charge in [-0.05, 0) is 49.9 Å². The molecule has 0 radical (unpaired) electrons. The molecule has 0 atom stereocenters. The first-order chi connectivity index (χ1) is 10.5. The van der Waals surface area contributed by atoms with E-state index >= 15 is 0 Å². The number of pyridine rings is 1. The van der Waals surface area contributed by atoms with Crippen LogP contribution < -0.4 is 11.1 Å². The molecule has 5 nitrogen and oxygen atoms in total. The van der Waals surface area contributed by atoms with E-state index in [0.717, 1.165) is 29.9 Å². The Morgan fingerprint density at radius 3 is 2.82 bits per heavy atom. The number of rotatable bonds is 6. The summed E-state index contributed by atoms with van der Waals surface area (Å²) in [5.74, 6) is -0.0311. The fraction of sp³-hybridized carbons (Fsp3) is 0.294. The molecular weight excluding hydrogens is 276 g/mol. The van der Waals surface area contributed by atoms with Gasteiger partial charge in [0.25, 0.3) is 0 Å². The Bertz CT molecular complexity index is 628. The lowest BCUT2D eigenvalue weighted by Crippen LogP contribution is -2.31. The second-order valence-electron chi connectivity index (χ2n) is 5.43. The van der Waals surface area contributed by atoms with E-state index in [-0.39, 0.29) is 5.91 Å². The standard InChI is InChI=1S/C17H22N4O/c1-13-11-14(18)6-7-16(13)20-17(22)12-21(2)10-8-15-5-3-4-9-19-15/h3-7,9,11H,8,10,12,18H2,1-2H3,(H,20,22). The van der Waals surface area contributed by atoms with E-state index in [9.17, 15) is 4.79 Å². The quantitative estimate of drug-likeness (QED) is 0.801. The van der Waals surface area contributed by atoms with Crippen molar-refractivity contribution < 1.29 is 4.79 Å². The summed E-state index contributed by atoms with van der Waals surface area (Å²) in [7, 11) is 1.93. The molecule has 1 amide bonds. The number of hydrogen-bond donors (Lipinski definition) is 2. The average Bonchev–Trinajstić information content (AvgIpc) is 2.49. The zero-order valence-electron chi connectivity index (χ0n) is 13.0. The van der Waals surface area contributed by atoms with Gasteiger partial charge in [0.05, 0.1) is 6.54 Å². The van der Waals surface area contributed by atoms with Crippen molar-refractivity contribution in [3.8, 4) is 0 Å². The molecule has 1 aromatic heterocycles. The second-order valence-corrected chi connectivity index (χ2v) is 5.43. The lowest BCUT2D eigenvalue weighted by atomic mass is 10.2. The van der Waals surface area contributed by atoms with Gasteiger partial charge in [0.1, 0.15) is 0 Å². The summed E-state index contributed by atoms with van der Waals surface area (Å²) in [5, 5.41) is 2.91. The molecule has 3 N–H and O–H groups in total. The Kier molecular flexibility index (Phi) is 5.49. The maximum Gasteiger partial charge on any atom is 0.238 e. The van der Waals surface area contributed by atoms with E-state index in [2.05, 4.69) is 10.3 Å². The molecular formula is C17H22N4O. The first-order valence-corrected chi connectivity index (χ1v) is 7.29. The van der Waals surface area contributed by atoms with Crippen molar-refractivity contribution in [3.05, 3.63) is 53.9 Å². The van der Waals surface area contributed by atoms with Crippen LogP contribution in [0.15, 0.2) is 42.6 Å². The molecule has 5 heteroatoms. The molecule has 22 heavy (non-hydrogen) atoms. The van der Waals surface area contributed by atoms with Gasteiger partial charge >= 0.3 is 0 Å². The van der Waals surface area contributed by atoms with Crippen LogP contribution in [0.25, 0.3) is 0 Å². The molecule has 0 bridgehead atoms. The molecule has 0 unspecified atom stereocenters. The van der Waals surface area contributed by atoms with E-state index in [1.54, 1.807) is 12.3 Å². The molecule has 1 heterocycles. The van der Waals surface area contributed by atoms with E-state index in [1.807, 2.05) is 49.2 Å². The van der Waals surface area contributed by atoms with Gasteiger partial charge in [-0.2, -0.15) is 0 Å². The fourth-order valence-corrected chi connectivity index (χ4v) is 2.19. The van der Waals surface area contributed by atoms with Crippen LogP contribution in [0.4, 0.5) is 11.4 Å². The third kappa shape index (κ3) is 4.86. The summed E-state index contributed by atoms with van der Waals surface area (Å²) in [4.78, 5) is 18.3. The number of likely N-dealkylation sites (N-methyl/N-ethyl adjacent to an activating group) is 1. The number of carbonyl (C=O) groups excluding carboxylic acids is 1. The monoisotopic (exact) mass is 298 g/mol. The van der Waals surface area contributed by atoms with Crippen LogP contribution >= 0.6 is 0 Å². The summed E-state index contributed by atoms with van der Waals surface area (Å²) in [5.41, 5.74) is 9.20. The minimum Gasteiger partial charge on any atom is -0.399 e. The topological polar surface area (TPSA) is 71.2 Å². The second kappa shape index (κ2) is 7.56. The van der Waals surface area contributed by atoms with Crippen LogP contribution in [0.3, 0.4) is 0 Å². The predicted molar refractivity (Wildman–Crippen MR) is 89.7 cm³/mol. The minimum atomic E-state index is -0.0311. The van der Waals surface area contributed by atoms with Crippen LogP contribution in [-0.4, -0.2) is 35.9 Å². The number of nitrogens with zero attached hydrogens (tertiary/aromatic N) is 2. The van der Waals surface area contributed by atoms with Gasteiger partial charge in [-0.1, -0.05) is 6.07 Å². The Morgan fingerprint density at radius 1 is 1.32 bits per heavy atom. The van der Waals surface area contributed by atoms with Crippen LogP contribution in [0, 0.1) is 6.92 Å². The molecule has 2 aromatic rings. The summed E-state index contributed by atoms with van der Waals surface area (Å²) < 4.78 is 0. The zero-order valence-corrected chi connectivity index (χ0v) is 13.0. The molecule has 0 aliphatic rings. The first-order valence-electron chi connectivity index (χ1n) is 7.29. The third-order valence-corrected chi connectivity index (χ3v) is 3.41. The Labute approximate surface area is 131 Å². The highest BCUT2D eigenvalue weighted by atomic mass is 16.2. The van der Waals surface area contributed by atoms with E-state index in [1.165, 1.54) is 0 Å². The van der Waals surface area contributed by atoms with Crippen LogP contribution in [0.1, 0.15) is 11.3 Å². The van der Waals surface area contributed by atoms with Crippen molar-refractivity contribution >= 4 is 17.3 Å². The van der Waals surface area contributed by atoms with E-state index < -0.39 is 0 Å². The number of benzene rings is 1. The molecule has 0 spiro atoms. The van der Waals surface area contributed by atoms with Gasteiger partial charge in [0, 0.05) is 36.2 Å². The number of hydrogen-bond acceptors (Lipinski definition) is 4. The van der Waals surface area contributed by atoms with Gasteiger partial charge < -0.3 is 11.1 Å². The highest BCUT2D eigenvalue weighted by molar-refractivity contribution is 5.93. The summed E-state index contributed by atoms with van der Waals surface area (Å²) in [6.07, 6.45) is 2.61. The van der Waals surface area contributed by atoms with Gasteiger partial charge in [-0.3, -0.25) is 14.7 Å². The molecule has 2 rings (SSSR count). The van der Waals surface area contributed by atoms with Crippen LogP contribution in [0.5, 0.6) is 0 Å². The molecule has 0 fully saturated rings. The van der Waals surface area contributed by atoms with E-state index in [4.69, 9.17) is 5.73 Å². The smallest absolute Gasteiger partial charge is 0.238 e. The third-order valence-electron chi connectivity index (χ3n) is 3.41. The number of aryl methyl sites for hydroxylation is 1. The van der Waals surface area contributed by atoms with Crippen molar-refractivity contribution in [1.82, 2.24) is 9.88 Å². The summed E-state index contributed by atoms with van der Waals surface area (Å²) >= 11 is 0. The SMILES string of the molecule is Cc1cc(N)ccc1NC(=O)CN(C)CCc1ccccn1. The Morgan fingerprint density at radius 2 is 2.14 bits per heavy atom. The summed E-state index contributed by atoms with van der Waals surface area (Å²) in [6.45, 7) is 3.05. The van der Waals surface area contributed by atoms with Crippen LogP contribution in [-0.2, 0) is 11.2 Å². The molecule has 0 saturated carbocycles. The van der Waals surface area contributed by atoms with Gasteiger partial charge in [0.2, 0.25) is 5.91 Å². The lowest BCUT2D eigenvalue weighted by molar-refractivity contribution is -0.117. The van der Waals surface area contributed by atoms with Gasteiger partial charge in [-0.15, -0.1) is 0 Å². The fourth-order valence-electron chi connectivity index (χ4n) is 2.19. The van der Waals surface area contributed by atoms with Crippen molar-refractivity contribution in [3.63, 3.8) is 0 Å². The lowest BCUT2D eigenvalue weighted by Gasteiger charge is -2.16. The number of nitrogens with two attached hydrogens (primary N) is 1. The van der Waals surface area contributed by atoms with Crippen molar-refractivity contribution in [2.75, 3.05) is 31.2 Å².